The molecule has 3 heteroatoms. The van der Waals surface area contributed by atoms with Crippen LogP contribution in [0.1, 0.15) is 71.1 Å². The fraction of sp³-hybridized carbons (Fsp3) is 0.917. The van der Waals surface area contributed by atoms with E-state index in [-0.39, 0.29) is 35.5 Å². The Hall–Kier alpha value is 0.470. The summed E-state index contributed by atoms with van der Waals surface area (Å²) in [5, 5.41) is 0. The van der Waals surface area contributed by atoms with Crippen molar-refractivity contribution in [2.24, 2.45) is 5.73 Å². The number of carbonyl (C=O) groups excluding carboxylic acids is 1. The Labute approximate surface area is 117 Å². The Bertz CT molecular complexity index is 140. The fourth-order valence-corrected chi connectivity index (χ4v) is 1.61. The first kappa shape index (κ1) is 17.9. The van der Waals surface area contributed by atoms with Gasteiger partial charge in [0, 0.05) is 36.0 Å². The summed E-state index contributed by atoms with van der Waals surface area (Å²) in [5.74, 6) is -0.159. The van der Waals surface area contributed by atoms with Crippen LogP contribution < -0.4 is 5.73 Å². The molecule has 1 amide bonds. The molecule has 0 fully saturated rings. The second-order valence-electron chi connectivity index (χ2n) is 4.04. The maximum Gasteiger partial charge on any atom is 0.217 e. The van der Waals surface area contributed by atoms with Gasteiger partial charge in [0.05, 0.1) is 0 Å². The Morgan fingerprint density at radius 3 is 1.67 bits per heavy atom. The number of rotatable bonds is 10. The van der Waals surface area contributed by atoms with Crippen LogP contribution in [-0.2, 0) is 4.79 Å². The molecule has 0 spiro atoms. The van der Waals surface area contributed by atoms with Gasteiger partial charge in [-0.25, -0.2) is 0 Å². The molecule has 0 bridgehead atoms. The standard InChI is InChI=1S/C12H25NO.Na/c1-2-3-4-5-6-7-8-9-10-11-12(13)14;/h2-11H2,1H3,(H2,13,14);. The molecule has 0 saturated carbocycles. The van der Waals surface area contributed by atoms with E-state index >= 15 is 0 Å². The molecule has 0 aliphatic rings. The molecule has 2 N–H and O–H groups in total. The molecule has 0 aromatic heterocycles. The third-order valence-electron chi connectivity index (χ3n) is 2.53. The van der Waals surface area contributed by atoms with Gasteiger partial charge < -0.3 is 5.73 Å². The van der Waals surface area contributed by atoms with Crippen LogP contribution >= 0.6 is 0 Å². The quantitative estimate of drug-likeness (QED) is 0.448. The summed E-state index contributed by atoms with van der Waals surface area (Å²) in [6.45, 7) is 2.24. The predicted octanol–water partition coefficient (Wildman–Crippen LogP) is 3.01. The van der Waals surface area contributed by atoms with Crippen molar-refractivity contribution >= 4 is 35.5 Å². The van der Waals surface area contributed by atoms with E-state index in [2.05, 4.69) is 6.92 Å². The number of amides is 1. The van der Waals surface area contributed by atoms with Crippen LogP contribution in [0.3, 0.4) is 0 Å². The second kappa shape index (κ2) is 14.5. The third kappa shape index (κ3) is 17.1. The molecule has 0 aromatic rings. The minimum atomic E-state index is -0.159. The molecule has 0 aliphatic heterocycles. The Morgan fingerprint density at radius 2 is 1.27 bits per heavy atom. The summed E-state index contributed by atoms with van der Waals surface area (Å²) >= 11 is 0. The van der Waals surface area contributed by atoms with Crippen LogP contribution in [0.5, 0.6) is 0 Å². The fourth-order valence-electron chi connectivity index (χ4n) is 1.61. The van der Waals surface area contributed by atoms with Crippen LogP contribution in [0, 0.1) is 0 Å². The van der Waals surface area contributed by atoms with E-state index in [9.17, 15) is 4.79 Å². The normalized spacial score (nSPS) is 9.67. The molecular formula is C12H25NNaO. The van der Waals surface area contributed by atoms with Crippen molar-refractivity contribution < 1.29 is 4.79 Å². The number of hydrogen-bond donors (Lipinski definition) is 1. The van der Waals surface area contributed by atoms with Gasteiger partial charge in [0.2, 0.25) is 5.91 Å². The molecule has 2 nitrogen and oxygen atoms in total. The van der Waals surface area contributed by atoms with E-state index in [1.807, 2.05) is 0 Å². The van der Waals surface area contributed by atoms with Gasteiger partial charge in [0.15, 0.2) is 0 Å². The first-order valence-corrected chi connectivity index (χ1v) is 6.05. The summed E-state index contributed by atoms with van der Waals surface area (Å²) in [6.07, 6.45) is 12.1. The van der Waals surface area contributed by atoms with Crippen molar-refractivity contribution in [2.75, 3.05) is 0 Å². The first-order chi connectivity index (χ1) is 6.77. The van der Waals surface area contributed by atoms with E-state index < -0.39 is 0 Å². The van der Waals surface area contributed by atoms with E-state index in [1.54, 1.807) is 0 Å². The maximum atomic E-state index is 10.4. The van der Waals surface area contributed by atoms with Crippen molar-refractivity contribution in [3.05, 3.63) is 0 Å². The van der Waals surface area contributed by atoms with Crippen molar-refractivity contribution in [1.82, 2.24) is 0 Å². The minimum Gasteiger partial charge on any atom is -0.370 e. The molecular weight excluding hydrogens is 197 g/mol. The van der Waals surface area contributed by atoms with E-state index in [0.29, 0.717) is 6.42 Å². The van der Waals surface area contributed by atoms with E-state index in [1.165, 1.54) is 44.9 Å². The second-order valence-corrected chi connectivity index (χ2v) is 4.04. The van der Waals surface area contributed by atoms with Gasteiger partial charge >= 0.3 is 0 Å². The van der Waals surface area contributed by atoms with Gasteiger partial charge in [-0.05, 0) is 6.42 Å². The van der Waals surface area contributed by atoms with Crippen molar-refractivity contribution in [1.29, 1.82) is 0 Å². The Balaban J connectivity index is 0. The average molecular weight is 222 g/mol. The van der Waals surface area contributed by atoms with Crippen molar-refractivity contribution in [3.8, 4) is 0 Å². The van der Waals surface area contributed by atoms with Gasteiger partial charge in [0.1, 0.15) is 0 Å². The summed E-state index contributed by atoms with van der Waals surface area (Å²) in [5.41, 5.74) is 5.05. The zero-order valence-electron chi connectivity index (χ0n) is 10.6. The molecule has 0 unspecified atom stereocenters. The maximum absolute atomic E-state index is 10.4. The van der Waals surface area contributed by atoms with Crippen LogP contribution in [0.2, 0.25) is 0 Å². The zero-order valence-corrected chi connectivity index (χ0v) is 12.6. The van der Waals surface area contributed by atoms with Crippen LogP contribution in [0.4, 0.5) is 0 Å². The van der Waals surface area contributed by atoms with Gasteiger partial charge in [-0.2, -0.15) is 0 Å². The van der Waals surface area contributed by atoms with Gasteiger partial charge in [-0.3, -0.25) is 4.79 Å². The molecule has 1 radical (unpaired) electrons. The number of carbonyl (C=O) groups is 1. The SMILES string of the molecule is CCCCCCCCCCCC(N)=O.[Na]. The zero-order chi connectivity index (χ0) is 10.6. The molecule has 0 aliphatic carbocycles. The summed E-state index contributed by atoms with van der Waals surface area (Å²) in [4.78, 5) is 10.4. The summed E-state index contributed by atoms with van der Waals surface area (Å²) < 4.78 is 0. The number of nitrogens with two attached hydrogens (primary N) is 1. The molecule has 0 saturated heterocycles. The van der Waals surface area contributed by atoms with Gasteiger partial charge in [0.25, 0.3) is 0 Å². The molecule has 15 heavy (non-hydrogen) atoms. The topological polar surface area (TPSA) is 43.1 Å². The van der Waals surface area contributed by atoms with E-state index in [0.717, 1.165) is 12.8 Å². The van der Waals surface area contributed by atoms with E-state index in [4.69, 9.17) is 5.73 Å². The van der Waals surface area contributed by atoms with Gasteiger partial charge in [-0.1, -0.05) is 58.3 Å². The number of primary amides is 1. The number of hydrogen-bond acceptors (Lipinski definition) is 1. The Morgan fingerprint density at radius 1 is 0.867 bits per heavy atom. The minimum absolute atomic E-state index is 0. The molecule has 0 atom stereocenters. The molecule has 0 aromatic carbocycles. The van der Waals surface area contributed by atoms with Crippen molar-refractivity contribution in [3.63, 3.8) is 0 Å². The predicted molar refractivity (Wildman–Crippen MR) is 66.8 cm³/mol. The average Bonchev–Trinajstić information content (AvgIpc) is 2.15. The van der Waals surface area contributed by atoms with Crippen LogP contribution in [0.15, 0.2) is 0 Å². The Kier molecular flexibility index (Phi) is 17.2. The summed E-state index contributed by atoms with van der Waals surface area (Å²) in [7, 11) is 0. The molecule has 85 valence electrons. The molecule has 0 rings (SSSR count). The van der Waals surface area contributed by atoms with Crippen LogP contribution in [0.25, 0.3) is 0 Å². The molecule has 0 heterocycles. The smallest absolute Gasteiger partial charge is 0.217 e. The largest absolute Gasteiger partial charge is 0.370 e. The first-order valence-electron chi connectivity index (χ1n) is 6.05. The van der Waals surface area contributed by atoms with Crippen LogP contribution in [-0.4, -0.2) is 35.5 Å². The number of unbranched alkanes of at least 4 members (excludes halogenated alkanes) is 8. The third-order valence-corrected chi connectivity index (χ3v) is 2.53. The monoisotopic (exact) mass is 222 g/mol. The van der Waals surface area contributed by atoms with Gasteiger partial charge in [-0.15, -0.1) is 0 Å². The van der Waals surface area contributed by atoms with Crippen molar-refractivity contribution in [2.45, 2.75) is 71.1 Å². The summed E-state index contributed by atoms with van der Waals surface area (Å²) in [6, 6.07) is 0.